The summed E-state index contributed by atoms with van der Waals surface area (Å²) in [5.41, 5.74) is 15.3. The standard InChI is InChI=1S/C17H21N5O2.C16H20N4O.CHNO.ClH.K.H2O/c1-21(14-7-2-3-8-14)17(24)22-10-15(19-11-22)12-5-4-6-13(9-12)20-16(18)23;1-19(14-7-2-3-8-14)16(21)20-10-15(18-11-20)12-5-4-6-13(17)9-12;2-1-3;;;/h4-6,9-11,14H,2-3,7-8H2,1H3,(H3,18,20,23);4-6,9-11,14H,2-3,7-8,17H2,1H3;3H;1H;;1H2/q;;;;+1;/p-1. The number of anilines is 2. The molecule has 2 heterocycles. The number of benzene rings is 2. The van der Waals surface area contributed by atoms with E-state index in [0.29, 0.717) is 35.4 Å². The number of carbonyl (C=O) groups is 3. The second-order valence-corrected chi connectivity index (χ2v) is 11.8. The summed E-state index contributed by atoms with van der Waals surface area (Å²) in [4.78, 5) is 48.2. The van der Waals surface area contributed by atoms with E-state index < -0.39 is 6.03 Å². The predicted octanol–water partition coefficient (Wildman–Crippen LogP) is 1.29. The average molecular weight is 747 g/mol. The summed E-state index contributed by atoms with van der Waals surface area (Å²) in [6, 6.07) is 14.6. The number of primary amides is 1. The van der Waals surface area contributed by atoms with E-state index in [0.717, 1.165) is 42.5 Å². The molecule has 7 N–H and O–H groups in total. The number of hydrogen-bond donors (Lipinski definition) is 3. The summed E-state index contributed by atoms with van der Waals surface area (Å²) in [5.74, 6) is 0. The van der Waals surface area contributed by atoms with Crippen molar-refractivity contribution in [3.63, 3.8) is 0 Å². The summed E-state index contributed by atoms with van der Waals surface area (Å²) >= 11 is 0. The number of hydrogen-bond acceptors (Lipinski definition) is 8. The molecule has 2 aliphatic rings. The SMILES string of the molecule is CN(C(=O)n1cnc(-c2cccc(N)c2)c1)C1CCCC1.CN(C(=O)n1cnc(-c2cccc(NC(N)=O)c2)c1)C1CCCC1.Cl.N#C[O-].O.[K+]. The van der Waals surface area contributed by atoms with Crippen LogP contribution in [0.1, 0.15) is 51.4 Å². The fourth-order valence-electron chi connectivity index (χ4n) is 6.01. The van der Waals surface area contributed by atoms with Crippen molar-refractivity contribution in [1.29, 1.82) is 5.26 Å². The quantitative estimate of drug-likeness (QED) is 0.152. The normalized spacial score (nSPS) is 13.3. The number of nitrogen functional groups attached to an aromatic ring is 1. The molecule has 0 bridgehead atoms. The van der Waals surface area contributed by atoms with Crippen LogP contribution in [0.3, 0.4) is 0 Å². The molecule has 4 aromatic rings. The van der Waals surface area contributed by atoms with Crippen molar-refractivity contribution >= 4 is 41.9 Å². The van der Waals surface area contributed by atoms with E-state index in [1.165, 1.54) is 36.6 Å². The third kappa shape index (κ3) is 12.6. The number of nitrogens with one attached hydrogen (secondary N) is 1. The van der Waals surface area contributed by atoms with E-state index in [4.69, 9.17) is 21.8 Å². The zero-order valence-corrected chi connectivity index (χ0v) is 33.0. The molecule has 4 amide bonds. The molecule has 2 aliphatic carbocycles. The number of amides is 4. The molecule has 6 rings (SSSR count). The Morgan fingerprint density at radius 3 is 1.67 bits per heavy atom. The zero-order chi connectivity index (χ0) is 34.6. The molecule has 2 aromatic carbocycles. The monoisotopic (exact) mass is 746 g/mol. The van der Waals surface area contributed by atoms with Crippen molar-refractivity contribution in [3.05, 3.63) is 73.6 Å². The summed E-state index contributed by atoms with van der Waals surface area (Å²) < 4.78 is 3.05. The zero-order valence-electron chi connectivity index (χ0n) is 29.1. The maximum absolute atomic E-state index is 12.6. The van der Waals surface area contributed by atoms with Gasteiger partial charge in [-0.15, -0.1) is 12.4 Å². The minimum absolute atomic E-state index is 0. The van der Waals surface area contributed by atoms with Crippen LogP contribution in [0.2, 0.25) is 0 Å². The summed E-state index contributed by atoms with van der Waals surface area (Å²) in [6.45, 7) is 0. The number of halogens is 1. The molecule has 2 fully saturated rings. The van der Waals surface area contributed by atoms with Crippen molar-refractivity contribution in [2.75, 3.05) is 25.1 Å². The number of nitrogens with zero attached hydrogens (tertiary/aromatic N) is 7. The third-order valence-electron chi connectivity index (χ3n) is 8.56. The molecule has 268 valence electrons. The third-order valence-corrected chi connectivity index (χ3v) is 8.56. The van der Waals surface area contributed by atoms with Crippen molar-refractivity contribution in [2.24, 2.45) is 5.73 Å². The first-order valence-electron chi connectivity index (χ1n) is 15.8. The van der Waals surface area contributed by atoms with Crippen molar-refractivity contribution in [2.45, 2.75) is 63.5 Å². The van der Waals surface area contributed by atoms with Gasteiger partial charge in [-0.25, -0.2) is 29.6 Å². The smallest absolute Gasteiger partial charge is 0.812 e. The Kier molecular flexibility index (Phi) is 19.5. The van der Waals surface area contributed by atoms with Crippen molar-refractivity contribution in [3.8, 4) is 28.8 Å². The second kappa shape index (κ2) is 22.1. The maximum atomic E-state index is 12.6. The fourth-order valence-corrected chi connectivity index (χ4v) is 6.01. The molecule has 2 aromatic heterocycles. The number of urea groups is 1. The van der Waals surface area contributed by atoms with Crippen LogP contribution in [0.15, 0.2) is 73.6 Å². The van der Waals surface area contributed by atoms with Gasteiger partial charge < -0.3 is 37.2 Å². The largest absolute Gasteiger partial charge is 1.00 e. The van der Waals surface area contributed by atoms with Crippen LogP contribution < -0.4 is 73.3 Å². The van der Waals surface area contributed by atoms with Gasteiger partial charge in [0.2, 0.25) is 0 Å². The van der Waals surface area contributed by atoms with Gasteiger partial charge in [0, 0.05) is 67.3 Å². The second-order valence-electron chi connectivity index (χ2n) is 11.8. The van der Waals surface area contributed by atoms with E-state index in [2.05, 4.69) is 15.3 Å². The van der Waals surface area contributed by atoms with E-state index in [-0.39, 0.29) is 81.3 Å². The van der Waals surface area contributed by atoms with Crippen LogP contribution in [0.4, 0.5) is 25.8 Å². The van der Waals surface area contributed by atoms with Gasteiger partial charge in [-0.2, -0.15) is 0 Å². The molecule has 0 unspecified atom stereocenters. The van der Waals surface area contributed by atoms with Gasteiger partial charge in [0.05, 0.1) is 11.4 Å². The van der Waals surface area contributed by atoms with Crippen LogP contribution in [-0.4, -0.2) is 78.7 Å². The van der Waals surface area contributed by atoms with E-state index in [1.54, 1.807) is 46.4 Å². The van der Waals surface area contributed by atoms with Crippen molar-refractivity contribution in [1.82, 2.24) is 28.9 Å². The molecule has 0 saturated heterocycles. The van der Waals surface area contributed by atoms with Crippen LogP contribution >= 0.6 is 12.4 Å². The molecule has 17 heteroatoms. The molecule has 0 radical (unpaired) electrons. The molecule has 2 saturated carbocycles. The summed E-state index contributed by atoms with van der Waals surface area (Å²) in [6.07, 6.45) is 16.2. The maximum Gasteiger partial charge on any atom is 1.00 e. The molecule has 0 atom stereocenters. The summed E-state index contributed by atoms with van der Waals surface area (Å²) in [7, 11) is 3.72. The number of imidazole rings is 2. The Morgan fingerprint density at radius 2 is 1.25 bits per heavy atom. The predicted molar refractivity (Wildman–Crippen MR) is 191 cm³/mol. The number of aromatic nitrogens is 4. The fraction of sp³-hybridized carbons (Fsp3) is 0.353. The van der Waals surface area contributed by atoms with E-state index >= 15 is 0 Å². The van der Waals surface area contributed by atoms with Crippen molar-refractivity contribution < 1.29 is 76.4 Å². The topological polar surface area (TPSA) is 236 Å². The molecular weight excluding hydrogens is 703 g/mol. The van der Waals surface area contributed by atoms with Gasteiger partial charge in [-0.3, -0.25) is 9.13 Å². The minimum Gasteiger partial charge on any atom is -0.812 e. The molecule has 0 aliphatic heterocycles. The summed E-state index contributed by atoms with van der Waals surface area (Å²) in [5, 5.41) is 17.5. The number of carbonyl (C=O) groups excluding carboxylic acids is 3. The average Bonchev–Trinajstić information content (AvgIpc) is 3.92. The van der Waals surface area contributed by atoms with Gasteiger partial charge in [-0.05, 0) is 49.9 Å². The Balaban J connectivity index is 0.000000452. The Morgan fingerprint density at radius 1 is 0.843 bits per heavy atom. The van der Waals surface area contributed by atoms with Gasteiger partial charge in [0.25, 0.3) is 0 Å². The van der Waals surface area contributed by atoms with Crippen LogP contribution in [0, 0.1) is 11.5 Å². The first-order valence-corrected chi connectivity index (χ1v) is 15.8. The number of nitriles is 1. The Hall–Kier alpha value is -3.95. The Labute approximate surface area is 346 Å². The Bertz CT molecular complexity index is 1750. The van der Waals surface area contributed by atoms with Gasteiger partial charge >= 0.3 is 69.5 Å². The first-order chi connectivity index (χ1) is 23.1. The first kappa shape index (κ1) is 45.1. The molecule has 51 heavy (non-hydrogen) atoms. The van der Waals surface area contributed by atoms with Gasteiger partial charge in [0.15, 0.2) is 0 Å². The number of rotatable bonds is 5. The number of nitrogens with two attached hydrogens (primary N) is 2. The van der Waals surface area contributed by atoms with Gasteiger partial charge in [-0.1, -0.05) is 49.9 Å². The molecular formula is C34H44ClKN10O5. The minimum atomic E-state index is -0.619. The van der Waals surface area contributed by atoms with Crippen LogP contribution in [0.5, 0.6) is 0 Å². The van der Waals surface area contributed by atoms with E-state index in [9.17, 15) is 14.4 Å². The van der Waals surface area contributed by atoms with E-state index in [1.807, 2.05) is 49.3 Å². The molecule has 0 spiro atoms. The van der Waals surface area contributed by atoms with Crippen LogP contribution in [-0.2, 0) is 0 Å². The van der Waals surface area contributed by atoms with Crippen LogP contribution in [0.25, 0.3) is 22.5 Å². The molecule has 15 nitrogen and oxygen atoms in total. The van der Waals surface area contributed by atoms with Gasteiger partial charge in [0.1, 0.15) is 12.7 Å².